The van der Waals surface area contributed by atoms with Crippen molar-refractivity contribution in [3.8, 4) is 0 Å². The van der Waals surface area contributed by atoms with Gasteiger partial charge < -0.3 is 10.4 Å². The molecule has 106 valence electrons. The summed E-state index contributed by atoms with van der Waals surface area (Å²) in [5, 5.41) is 11.0. The van der Waals surface area contributed by atoms with Crippen molar-refractivity contribution in [1.82, 2.24) is 4.90 Å². The summed E-state index contributed by atoms with van der Waals surface area (Å²) in [5.74, 6) is -1.21. The molecular formula is C12H15F3N2O2. The number of benzene rings is 1. The molecule has 0 spiro atoms. The van der Waals surface area contributed by atoms with E-state index in [1.165, 1.54) is 18.2 Å². The normalized spacial score (nSPS) is 11.1. The number of aliphatic hydroxyl groups excluding tert-OH is 1. The minimum absolute atomic E-state index is 0.00602. The number of carbonyl (C=O) groups is 1. The molecule has 19 heavy (non-hydrogen) atoms. The average Bonchev–Trinajstić information content (AvgIpc) is 2.31. The fourth-order valence-electron chi connectivity index (χ4n) is 1.53. The third-order valence-corrected chi connectivity index (χ3v) is 2.33. The fraction of sp³-hybridized carbons (Fsp3) is 0.417. The number of alkyl halides is 2. The van der Waals surface area contributed by atoms with Gasteiger partial charge in [0.25, 0.3) is 6.43 Å². The summed E-state index contributed by atoms with van der Waals surface area (Å²) >= 11 is 0. The molecule has 4 nitrogen and oxygen atoms in total. The molecular weight excluding hydrogens is 261 g/mol. The van der Waals surface area contributed by atoms with Crippen LogP contribution >= 0.6 is 0 Å². The molecule has 0 unspecified atom stereocenters. The highest BCUT2D eigenvalue weighted by molar-refractivity contribution is 5.92. The first-order valence-electron chi connectivity index (χ1n) is 5.68. The van der Waals surface area contributed by atoms with Gasteiger partial charge in [-0.15, -0.1) is 0 Å². The zero-order valence-electron chi connectivity index (χ0n) is 10.2. The minimum atomic E-state index is -2.60. The van der Waals surface area contributed by atoms with Crippen LogP contribution in [0.4, 0.5) is 18.9 Å². The van der Waals surface area contributed by atoms with Crippen molar-refractivity contribution in [2.45, 2.75) is 6.43 Å². The number of nitrogens with zero attached hydrogens (tertiary/aromatic N) is 1. The monoisotopic (exact) mass is 276 g/mol. The van der Waals surface area contributed by atoms with Crippen LogP contribution in [0.3, 0.4) is 0 Å². The van der Waals surface area contributed by atoms with Gasteiger partial charge in [-0.05, 0) is 12.1 Å². The molecule has 0 aliphatic rings. The van der Waals surface area contributed by atoms with Crippen molar-refractivity contribution in [2.24, 2.45) is 0 Å². The SMILES string of the molecule is O=C(CN(CCO)CC(F)F)Nc1ccccc1F. The van der Waals surface area contributed by atoms with E-state index in [-0.39, 0.29) is 25.4 Å². The number of para-hydroxylation sites is 1. The molecule has 0 aromatic heterocycles. The lowest BCUT2D eigenvalue weighted by atomic mass is 10.3. The number of amides is 1. The zero-order valence-corrected chi connectivity index (χ0v) is 10.2. The first kappa shape index (κ1) is 15.5. The van der Waals surface area contributed by atoms with E-state index < -0.39 is 24.7 Å². The summed E-state index contributed by atoms with van der Waals surface area (Å²) < 4.78 is 37.7. The van der Waals surface area contributed by atoms with Gasteiger partial charge in [-0.1, -0.05) is 12.1 Å². The van der Waals surface area contributed by atoms with Crippen LogP contribution in [-0.2, 0) is 4.79 Å². The van der Waals surface area contributed by atoms with Crippen molar-refractivity contribution in [2.75, 3.05) is 31.6 Å². The van der Waals surface area contributed by atoms with Crippen LogP contribution < -0.4 is 5.32 Å². The molecule has 0 radical (unpaired) electrons. The molecule has 0 saturated carbocycles. The van der Waals surface area contributed by atoms with Gasteiger partial charge in [0.15, 0.2) is 0 Å². The van der Waals surface area contributed by atoms with E-state index in [1.54, 1.807) is 6.07 Å². The van der Waals surface area contributed by atoms with E-state index >= 15 is 0 Å². The second-order valence-electron chi connectivity index (χ2n) is 3.88. The maximum atomic E-state index is 13.3. The first-order chi connectivity index (χ1) is 9.02. The molecule has 2 N–H and O–H groups in total. The Kier molecular flexibility index (Phi) is 6.31. The maximum absolute atomic E-state index is 13.3. The number of hydrogen-bond acceptors (Lipinski definition) is 3. The van der Waals surface area contributed by atoms with Crippen LogP contribution in [0.15, 0.2) is 24.3 Å². The summed E-state index contributed by atoms with van der Waals surface area (Å²) in [7, 11) is 0. The van der Waals surface area contributed by atoms with Gasteiger partial charge in [-0.25, -0.2) is 13.2 Å². The maximum Gasteiger partial charge on any atom is 0.251 e. The van der Waals surface area contributed by atoms with Gasteiger partial charge in [-0.3, -0.25) is 9.69 Å². The Bertz CT molecular complexity index is 416. The van der Waals surface area contributed by atoms with Crippen molar-refractivity contribution in [3.63, 3.8) is 0 Å². The molecule has 0 heterocycles. The number of carbonyl (C=O) groups excluding carboxylic acids is 1. The lowest BCUT2D eigenvalue weighted by molar-refractivity contribution is -0.117. The third kappa shape index (κ3) is 5.71. The van der Waals surface area contributed by atoms with E-state index in [0.717, 1.165) is 4.90 Å². The quantitative estimate of drug-likeness (QED) is 0.790. The lowest BCUT2D eigenvalue weighted by Gasteiger charge is -2.20. The van der Waals surface area contributed by atoms with Gasteiger partial charge in [0, 0.05) is 6.54 Å². The molecule has 0 atom stereocenters. The zero-order chi connectivity index (χ0) is 14.3. The predicted octanol–water partition coefficient (Wildman–Crippen LogP) is 1.32. The van der Waals surface area contributed by atoms with E-state index in [2.05, 4.69) is 5.32 Å². The largest absolute Gasteiger partial charge is 0.395 e. The summed E-state index contributed by atoms with van der Waals surface area (Å²) in [5.41, 5.74) is -0.00602. The van der Waals surface area contributed by atoms with Crippen LogP contribution in [0.25, 0.3) is 0 Å². The second-order valence-corrected chi connectivity index (χ2v) is 3.88. The Morgan fingerprint density at radius 2 is 2.05 bits per heavy atom. The van der Waals surface area contributed by atoms with E-state index in [4.69, 9.17) is 5.11 Å². The second kappa shape index (κ2) is 7.75. The molecule has 0 bridgehead atoms. The van der Waals surface area contributed by atoms with Gasteiger partial charge in [0.1, 0.15) is 5.82 Å². The van der Waals surface area contributed by atoms with E-state index in [0.29, 0.717) is 0 Å². The Hall–Kier alpha value is -1.60. The average molecular weight is 276 g/mol. The van der Waals surface area contributed by atoms with E-state index in [1.807, 2.05) is 0 Å². The summed E-state index contributed by atoms with van der Waals surface area (Å²) in [4.78, 5) is 12.7. The number of aliphatic hydroxyl groups is 1. The van der Waals surface area contributed by atoms with Gasteiger partial charge in [0.05, 0.1) is 25.4 Å². The summed E-state index contributed by atoms with van der Waals surface area (Å²) in [6.45, 7) is -1.33. The van der Waals surface area contributed by atoms with Gasteiger partial charge in [-0.2, -0.15) is 0 Å². The Morgan fingerprint density at radius 1 is 1.37 bits per heavy atom. The molecule has 0 saturated heterocycles. The standard InChI is InChI=1S/C12H15F3N2O2/c13-9-3-1-2-4-10(9)16-12(19)8-17(5-6-18)7-11(14)15/h1-4,11,18H,5-8H2,(H,16,19). The predicted molar refractivity (Wildman–Crippen MR) is 64.6 cm³/mol. The van der Waals surface area contributed by atoms with Crippen molar-refractivity contribution >= 4 is 11.6 Å². The Morgan fingerprint density at radius 3 is 2.63 bits per heavy atom. The van der Waals surface area contributed by atoms with Crippen LogP contribution in [0.5, 0.6) is 0 Å². The van der Waals surface area contributed by atoms with Gasteiger partial charge >= 0.3 is 0 Å². The fourth-order valence-corrected chi connectivity index (χ4v) is 1.53. The molecule has 1 aromatic carbocycles. The first-order valence-corrected chi connectivity index (χ1v) is 5.68. The van der Waals surface area contributed by atoms with Crippen molar-refractivity contribution in [3.05, 3.63) is 30.1 Å². The van der Waals surface area contributed by atoms with Crippen molar-refractivity contribution in [1.29, 1.82) is 0 Å². The highest BCUT2D eigenvalue weighted by Crippen LogP contribution is 2.12. The topological polar surface area (TPSA) is 52.6 Å². The lowest BCUT2D eigenvalue weighted by Crippen LogP contribution is -2.38. The molecule has 0 aliphatic carbocycles. The van der Waals surface area contributed by atoms with E-state index in [9.17, 15) is 18.0 Å². The molecule has 1 aromatic rings. The molecule has 1 rings (SSSR count). The Balaban J connectivity index is 2.55. The third-order valence-electron chi connectivity index (χ3n) is 2.33. The van der Waals surface area contributed by atoms with Crippen LogP contribution in [0.2, 0.25) is 0 Å². The minimum Gasteiger partial charge on any atom is -0.395 e. The van der Waals surface area contributed by atoms with Crippen LogP contribution in [0, 0.1) is 5.82 Å². The number of halogens is 3. The molecule has 7 heteroatoms. The van der Waals surface area contributed by atoms with Crippen molar-refractivity contribution < 1.29 is 23.1 Å². The number of nitrogens with one attached hydrogen (secondary N) is 1. The smallest absolute Gasteiger partial charge is 0.251 e. The number of rotatable bonds is 7. The highest BCUT2D eigenvalue weighted by Gasteiger charge is 2.15. The molecule has 0 fully saturated rings. The summed E-state index contributed by atoms with van der Waals surface area (Å²) in [6.07, 6.45) is -2.60. The number of anilines is 1. The van der Waals surface area contributed by atoms with Crippen LogP contribution in [-0.4, -0.2) is 48.6 Å². The molecule has 0 aliphatic heterocycles. The summed E-state index contributed by atoms with van der Waals surface area (Å²) in [6, 6.07) is 5.57. The number of hydrogen-bond donors (Lipinski definition) is 2. The van der Waals surface area contributed by atoms with Crippen LogP contribution in [0.1, 0.15) is 0 Å². The highest BCUT2D eigenvalue weighted by atomic mass is 19.3. The van der Waals surface area contributed by atoms with Gasteiger partial charge in [0.2, 0.25) is 5.91 Å². The Labute approximate surface area is 108 Å². The molecule has 1 amide bonds.